The third-order valence-corrected chi connectivity index (χ3v) is 2.61. The number of hydrogen-bond acceptors (Lipinski definition) is 3. The standard InChI is InChI=1S/C16H15NO2/c1-13-10-15(12-18)11-17-16(13)19-9-5-8-14-6-3-2-4-7-14/h2-8,10-12H,9H2,1H3/b8-5+. The number of pyridine rings is 1. The maximum Gasteiger partial charge on any atom is 0.216 e. The first-order valence-electron chi connectivity index (χ1n) is 6.06. The molecule has 2 aromatic rings. The molecule has 1 aromatic carbocycles. The zero-order chi connectivity index (χ0) is 13.5. The van der Waals surface area contributed by atoms with Crippen LogP contribution in [-0.4, -0.2) is 17.9 Å². The van der Waals surface area contributed by atoms with Crippen LogP contribution < -0.4 is 4.74 Å². The quantitative estimate of drug-likeness (QED) is 0.767. The molecule has 0 unspecified atom stereocenters. The molecule has 2 rings (SSSR count). The fraction of sp³-hybridized carbons (Fsp3) is 0.125. The molecule has 0 fully saturated rings. The summed E-state index contributed by atoms with van der Waals surface area (Å²) >= 11 is 0. The van der Waals surface area contributed by atoms with E-state index in [1.807, 2.05) is 49.4 Å². The molecule has 3 nitrogen and oxygen atoms in total. The van der Waals surface area contributed by atoms with E-state index in [0.29, 0.717) is 18.1 Å². The first kappa shape index (κ1) is 13.0. The molecule has 0 aliphatic rings. The maximum atomic E-state index is 10.6. The van der Waals surface area contributed by atoms with E-state index in [1.54, 1.807) is 6.07 Å². The zero-order valence-electron chi connectivity index (χ0n) is 10.7. The van der Waals surface area contributed by atoms with Gasteiger partial charge >= 0.3 is 0 Å². The molecule has 1 aromatic heterocycles. The van der Waals surface area contributed by atoms with Gasteiger partial charge in [-0.2, -0.15) is 0 Å². The zero-order valence-corrected chi connectivity index (χ0v) is 10.7. The highest BCUT2D eigenvalue weighted by molar-refractivity contribution is 5.74. The number of benzene rings is 1. The topological polar surface area (TPSA) is 39.2 Å². The van der Waals surface area contributed by atoms with Gasteiger partial charge in [0.2, 0.25) is 5.88 Å². The lowest BCUT2D eigenvalue weighted by atomic mass is 10.2. The van der Waals surface area contributed by atoms with E-state index in [4.69, 9.17) is 4.74 Å². The summed E-state index contributed by atoms with van der Waals surface area (Å²) in [4.78, 5) is 14.7. The van der Waals surface area contributed by atoms with Crippen molar-refractivity contribution in [3.63, 3.8) is 0 Å². The van der Waals surface area contributed by atoms with Crippen LogP contribution in [0.4, 0.5) is 0 Å². The Bertz CT molecular complexity index is 577. The normalized spacial score (nSPS) is 10.6. The first-order chi connectivity index (χ1) is 9.29. The predicted molar refractivity (Wildman–Crippen MR) is 75.3 cm³/mol. The molecule has 0 saturated heterocycles. The second kappa shape index (κ2) is 6.50. The summed E-state index contributed by atoms with van der Waals surface area (Å²) in [6.07, 6.45) is 6.22. The van der Waals surface area contributed by atoms with E-state index in [2.05, 4.69) is 4.98 Å². The van der Waals surface area contributed by atoms with Crippen molar-refractivity contribution in [2.75, 3.05) is 6.61 Å². The van der Waals surface area contributed by atoms with Crippen molar-refractivity contribution in [2.45, 2.75) is 6.92 Å². The molecule has 0 aliphatic heterocycles. The van der Waals surface area contributed by atoms with Crippen molar-refractivity contribution in [1.82, 2.24) is 4.98 Å². The van der Waals surface area contributed by atoms with Gasteiger partial charge in [0, 0.05) is 17.3 Å². The van der Waals surface area contributed by atoms with Gasteiger partial charge in [0.05, 0.1) is 0 Å². The van der Waals surface area contributed by atoms with Gasteiger partial charge in [0.25, 0.3) is 0 Å². The van der Waals surface area contributed by atoms with E-state index >= 15 is 0 Å². The van der Waals surface area contributed by atoms with Gasteiger partial charge in [-0.1, -0.05) is 36.4 Å². The minimum atomic E-state index is 0.448. The van der Waals surface area contributed by atoms with Gasteiger partial charge in [-0.3, -0.25) is 4.79 Å². The second-order valence-corrected chi connectivity index (χ2v) is 4.13. The van der Waals surface area contributed by atoms with Crippen molar-refractivity contribution in [1.29, 1.82) is 0 Å². The molecule has 0 aliphatic carbocycles. The van der Waals surface area contributed by atoms with E-state index < -0.39 is 0 Å². The average molecular weight is 253 g/mol. The van der Waals surface area contributed by atoms with E-state index in [1.165, 1.54) is 6.20 Å². The van der Waals surface area contributed by atoms with Gasteiger partial charge < -0.3 is 4.74 Å². The highest BCUT2D eigenvalue weighted by Crippen LogP contribution is 2.14. The molecular formula is C16H15NO2. The molecule has 0 N–H and O–H groups in total. The first-order valence-corrected chi connectivity index (χ1v) is 6.06. The maximum absolute atomic E-state index is 10.6. The molecule has 0 atom stereocenters. The van der Waals surface area contributed by atoms with Crippen LogP contribution in [0.1, 0.15) is 21.5 Å². The third kappa shape index (κ3) is 3.78. The lowest BCUT2D eigenvalue weighted by molar-refractivity contribution is 0.112. The summed E-state index contributed by atoms with van der Waals surface area (Å²) < 4.78 is 5.54. The van der Waals surface area contributed by atoms with Crippen LogP contribution in [0, 0.1) is 6.92 Å². The molecule has 0 spiro atoms. The van der Waals surface area contributed by atoms with Crippen LogP contribution in [0.25, 0.3) is 6.08 Å². The Morgan fingerprint density at radius 2 is 2.00 bits per heavy atom. The van der Waals surface area contributed by atoms with Crippen LogP contribution in [0.2, 0.25) is 0 Å². The Kier molecular flexibility index (Phi) is 4.45. The fourth-order valence-electron chi connectivity index (χ4n) is 1.67. The average Bonchev–Trinajstić information content (AvgIpc) is 2.46. The van der Waals surface area contributed by atoms with E-state index in [9.17, 15) is 4.79 Å². The molecule has 96 valence electrons. The lowest BCUT2D eigenvalue weighted by Gasteiger charge is -2.05. The Morgan fingerprint density at radius 1 is 1.21 bits per heavy atom. The smallest absolute Gasteiger partial charge is 0.216 e. The number of carbonyl (C=O) groups excluding carboxylic acids is 1. The van der Waals surface area contributed by atoms with E-state index in [0.717, 1.165) is 17.4 Å². The Morgan fingerprint density at radius 3 is 2.68 bits per heavy atom. The number of nitrogens with zero attached hydrogens (tertiary/aromatic N) is 1. The largest absolute Gasteiger partial charge is 0.473 e. The minimum absolute atomic E-state index is 0.448. The number of aromatic nitrogens is 1. The number of aryl methyl sites for hydroxylation is 1. The lowest BCUT2D eigenvalue weighted by Crippen LogP contribution is -1.99. The SMILES string of the molecule is Cc1cc(C=O)cnc1OC/C=C/c1ccccc1. The molecule has 0 bridgehead atoms. The van der Waals surface area contributed by atoms with Crippen molar-refractivity contribution in [2.24, 2.45) is 0 Å². The minimum Gasteiger partial charge on any atom is -0.473 e. The summed E-state index contributed by atoms with van der Waals surface area (Å²) in [5.74, 6) is 0.559. The van der Waals surface area contributed by atoms with Crippen molar-refractivity contribution >= 4 is 12.4 Å². The van der Waals surface area contributed by atoms with Crippen LogP contribution in [0.15, 0.2) is 48.7 Å². The summed E-state index contributed by atoms with van der Waals surface area (Å²) in [6.45, 7) is 2.32. The molecule has 1 heterocycles. The number of rotatable bonds is 5. The monoisotopic (exact) mass is 253 g/mol. The second-order valence-electron chi connectivity index (χ2n) is 4.13. The Balaban J connectivity index is 1.92. The summed E-state index contributed by atoms with van der Waals surface area (Å²) in [5.41, 5.74) is 2.55. The molecule has 3 heteroatoms. The molecule has 0 radical (unpaired) electrons. The van der Waals surface area contributed by atoms with Crippen molar-refractivity contribution < 1.29 is 9.53 Å². The van der Waals surface area contributed by atoms with Crippen LogP contribution in [-0.2, 0) is 0 Å². The van der Waals surface area contributed by atoms with Crippen LogP contribution >= 0.6 is 0 Å². The molecule has 19 heavy (non-hydrogen) atoms. The van der Waals surface area contributed by atoms with Crippen LogP contribution in [0.3, 0.4) is 0 Å². The summed E-state index contributed by atoms with van der Waals surface area (Å²) in [6, 6.07) is 11.8. The van der Waals surface area contributed by atoms with Gasteiger partial charge in [0.15, 0.2) is 6.29 Å². The van der Waals surface area contributed by atoms with Crippen molar-refractivity contribution in [3.8, 4) is 5.88 Å². The Hall–Kier alpha value is -2.42. The van der Waals surface area contributed by atoms with Gasteiger partial charge in [0.1, 0.15) is 6.61 Å². The summed E-state index contributed by atoms with van der Waals surface area (Å²) in [5, 5.41) is 0. The number of ether oxygens (including phenoxy) is 1. The highest BCUT2D eigenvalue weighted by Gasteiger charge is 2.01. The number of carbonyl (C=O) groups is 1. The Labute approximate surface area is 112 Å². The third-order valence-electron chi connectivity index (χ3n) is 2.61. The number of hydrogen-bond donors (Lipinski definition) is 0. The van der Waals surface area contributed by atoms with Crippen LogP contribution in [0.5, 0.6) is 5.88 Å². The van der Waals surface area contributed by atoms with Crippen molar-refractivity contribution in [3.05, 3.63) is 65.4 Å². The summed E-state index contributed by atoms with van der Waals surface area (Å²) in [7, 11) is 0. The van der Waals surface area contributed by atoms with Gasteiger partial charge in [-0.05, 0) is 24.6 Å². The fourth-order valence-corrected chi connectivity index (χ4v) is 1.67. The molecule has 0 amide bonds. The van der Waals surface area contributed by atoms with E-state index in [-0.39, 0.29) is 0 Å². The molecular weight excluding hydrogens is 238 g/mol. The predicted octanol–water partition coefficient (Wildman–Crippen LogP) is 3.29. The van der Waals surface area contributed by atoms with Gasteiger partial charge in [-0.15, -0.1) is 0 Å². The van der Waals surface area contributed by atoms with Gasteiger partial charge in [-0.25, -0.2) is 4.98 Å². The molecule has 0 saturated carbocycles. The number of aldehydes is 1. The highest BCUT2D eigenvalue weighted by atomic mass is 16.5.